The molecule has 0 bridgehead atoms. The van der Waals surface area contributed by atoms with E-state index in [2.05, 4.69) is 18.2 Å². The second-order valence-electron chi connectivity index (χ2n) is 6.00. The molecule has 3 nitrogen and oxygen atoms in total. The van der Waals surface area contributed by atoms with Crippen LogP contribution in [0.2, 0.25) is 0 Å². The lowest BCUT2D eigenvalue weighted by Crippen LogP contribution is -2.17. The quantitative estimate of drug-likeness (QED) is 0.944. The van der Waals surface area contributed by atoms with Crippen LogP contribution >= 0.6 is 0 Å². The minimum absolute atomic E-state index is 0.111. The number of rotatable bonds is 4. The van der Waals surface area contributed by atoms with E-state index in [1.54, 1.807) is 0 Å². The van der Waals surface area contributed by atoms with Gasteiger partial charge >= 0.3 is 0 Å². The Bertz CT molecular complexity index is 731. The summed E-state index contributed by atoms with van der Waals surface area (Å²) in [6, 6.07) is 14.2. The second kappa shape index (κ2) is 5.78. The molecule has 2 aromatic rings. The van der Waals surface area contributed by atoms with E-state index in [1.807, 2.05) is 24.3 Å². The fourth-order valence-electron chi connectivity index (χ4n) is 3.25. The van der Waals surface area contributed by atoms with Gasteiger partial charge in [-0.05, 0) is 41.5 Å². The number of hydrogen-bond acceptors (Lipinski definition) is 3. The molecule has 0 saturated carbocycles. The van der Waals surface area contributed by atoms with Gasteiger partial charge in [-0.1, -0.05) is 42.5 Å². The molecule has 2 unspecified atom stereocenters. The molecule has 1 aliphatic heterocycles. The van der Waals surface area contributed by atoms with Crippen molar-refractivity contribution in [2.75, 3.05) is 11.5 Å². The van der Waals surface area contributed by atoms with Crippen molar-refractivity contribution in [3.63, 3.8) is 0 Å². The largest absolute Gasteiger partial charge is 0.393 e. The maximum absolute atomic E-state index is 11.5. The molecule has 0 aromatic heterocycles. The summed E-state index contributed by atoms with van der Waals surface area (Å²) in [5.74, 6) is 0.623. The monoisotopic (exact) mass is 304 g/mol. The van der Waals surface area contributed by atoms with Crippen molar-refractivity contribution in [3.8, 4) is 0 Å². The first-order valence-electron chi connectivity index (χ1n) is 7.39. The average Bonchev–Trinajstić information content (AvgIpc) is 2.78. The zero-order chi connectivity index (χ0) is 14.9. The van der Waals surface area contributed by atoms with Crippen molar-refractivity contribution in [1.29, 1.82) is 0 Å². The first kappa shape index (κ1) is 14.5. The van der Waals surface area contributed by atoms with Crippen LogP contribution in [0.3, 0.4) is 0 Å². The SMILES string of the molecule is O=S1(=O)CCC(CC(O)Cc2cccc3ccccc23)C1. The average molecular weight is 304 g/mol. The van der Waals surface area contributed by atoms with E-state index >= 15 is 0 Å². The number of benzene rings is 2. The molecule has 1 fully saturated rings. The Hall–Kier alpha value is -1.39. The summed E-state index contributed by atoms with van der Waals surface area (Å²) in [6.45, 7) is 0. The van der Waals surface area contributed by atoms with E-state index in [1.165, 1.54) is 5.39 Å². The lowest BCUT2D eigenvalue weighted by atomic mass is 9.94. The molecule has 0 aliphatic carbocycles. The van der Waals surface area contributed by atoms with E-state index in [0.717, 1.165) is 10.9 Å². The van der Waals surface area contributed by atoms with Crippen molar-refractivity contribution >= 4 is 20.6 Å². The zero-order valence-corrected chi connectivity index (χ0v) is 12.7. The second-order valence-corrected chi connectivity index (χ2v) is 8.23. The predicted octanol–water partition coefficient (Wildman–Crippen LogP) is 2.57. The van der Waals surface area contributed by atoms with Crippen LogP contribution in [0.15, 0.2) is 42.5 Å². The summed E-state index contributed by atoms with van der Waals surface area (Å²) in [7, 11) is -2.86. The standard InChI is InChI=1S/C17H20O3S/c18-16(10-13-8-9-21(19,20)12-13)11-15-6-3-5-14-4-1-2-7-17(14)15/h1-7,13,16,18H,8-12H2. The Balaban J connectivity index is 1.71. The van der Waals surface area contributed by atoms with Crippen molar-refractivity contribution in [2.45, 2.75) is 25.4 Å². The molecule has 0 amide bonds. The molecule has 0 spiro atoms. The molecule has 1 aliphatic rings. The fourth-order valence-corrected chi connectivity index (χ4v) is 5.13. The molecule has 0 radical (unpaired) electrons. The van der Waals surface area contributed by atoms with Crippen LogP contribution in [0.25, 0.3) is 10.8 Å². The van der Waals surface area contributed by atoms with Crippen LogP contribution in [0, 0.1) is 5.92 Å². The van der Waals surface area contributed by atoms with Gasteiger partial charge in [-0.3, -0.25) is 0 Å². The lowest BCUT2D eigenvalue weighted by Gasteiger charge is -2.15. The van der Waals surface area contributed by atoms with Gasteiger partial charge in [0.05, 0.1) is 17.6 Å². The van der Waals surface area contributed by atoms with Gasteiger partial charge in [0.15, 0.2) is 9.84 Å². The van der Waals surface area contributed by atoms with Crippen molar-refractivity contribution < 1.29 is 13.5 Å². The Morgan fingerprint density at radius 3 is 2.67 bits per heavy atom. The molecule has 1 saturated heterocycles. The van der Waals surface area contributed by atoms with E-state index < -0.39 is 15.9 Å². The minimum atomic E-state index is -2.86. The molecule has 4 heteroatoms. The van der Waals surface area contributed by atoms with Crippen LogP contribution in [-0.4, -0.2) is 31.1 Å². The first-order chi connectivity index (χ1) is 10.0. The highest BCUT2D eigenvalue weighted by Gasteiger charge is 2.29. The number of aliphatic hydroxyl groups is 1. The molecular formula is C17H20O3S. The number of sulfone groups is 1. The highest BCUT2D eigenvalue weighted by Crippen LogP contribution is 2.26. The van der Waals surface area contributed by atoms with Gasteiger partial charge in [-0.2, -0.15) is 0 Å². The predicted molar refractivity (Wildman–Crippen MR) is 85.0 cm³/mol. The molecular weight excluding hydrogens is 284 g/mol. The topological polar surface area (TPSA) is 54.4 Å². The number of aliphatic hydroxyl groups excluding tert-OH is 1. The summed E-state index contributed by atoms with van der Waals surface area (Å²) in [6.07, 6.45) is 1.36. The lowest BCUT2D eigenvalue weighted by molar-refractivity contribution is 0.147. The maximum atomic E-state index is 11.5. The van der Waals surface area contributed by atoms with Crippen molar-refractivity contribution in [3.05, 3.63) is 48.0 Å². The van der Waals surface area contributed by atoms with E-state index in [9.17, 15) is 13.5 Å². The summed E-state index contributed by atoms with van der Waals surface area (Å²) in [5.41, 5.74) is 1.13. The molecule has 1 N–H and O–H groups in total. The first-order valence-corrected chi connectivity index (χ1v) is 9.21. The van der Waals surface area contributed by atoms with E-state index in [4.69, 9.17) is 0 Å². The van der Waals surface area contributed by atoms with Gasteiger partial charge in [0, 0.05) is 0 Å². The Kier molecular flexibility index (Phi) is 4.00. The minimum Gasteiger partial charge on any atom is -0.393 e. The van der Waals surface area contributed by atoms with Crippen LogP contribution in [0.4, 0.5) is 0 Å². The van der Waals surface area contributed by atoms with Gasteiger partial charge in [0.2, 0.25) is 0 Å². The molecule has 2 aromatic carbocycles. The van der Waals surface area contributed by atoms with Gasteiger partial charge < -0.3 is 5.11 Å². The zero-order valence-electron chi connectivity index (χ0n) is 11.9. The normalized spacial score (nSPS) is 22.4. The van der Waals surface area contributed by atoms with Gasteiger partial charge in [-0.15, -0.1) is 0 Å². The van der Waals surface area contributed by atoms with Crippen LogP contribution in [0.1, 0.15) is 18.4 Å². The van der Waals surface area contributed by atoms with Gasteiger partial charge in [-0.25, -0.2) is 8.42 Å². The summed E-state index contributed by atoms with van der Waals surface area (Å²) in [4.78, 5) is 0. The highest BCUT2D eigenvalue weighted by molar-refractivity contribution is 7.91. The molecule has 21 heavy (non-hydrogen) atoms. The smallest absolute Gasteiger partial charge is 0.150 e. The number of hydrogen-bond donors (Lipinski definition) is 1. The van der Waals surface area contributed by atoms with Gasteiger partial charge in [0.1, 0.15) is 0 Å². The van der Waals surface area contributed by atoms with E-state index in [-0.39, 0.29) is 17.4 Å². The third-order valence-electron chi connectivity index (χ3n) is 4.27. The third-order valence-corrected chi connectivity index (χ3v) is 6.10. The Labute approximate surface area is 125 Å². The molecule has 112 valence electrons. The van der Waals surface area contributed by atoms with Gasteiger partial charge in [0.25, 0.3) is 0 Å². The van der Waals surface area contributed by atoms with Crippen molar-refractivity contribution in [1.82, 2.24) is 0 Å². The summed E-state index contributed by atoms with van der Waals surface area (Å²) >= 11 is 0. The third kappa shape index (κ3) is 3.44. The Morgan fingerprint density at radius 2 is 1.90 bits per heavy atom. The van der Waals surface area contributed by atoms with E-state index in [0.29, 0.717) is 19.3 Å². The molecule has 1 heterocycles. The van der Waals surface area contributed by atoms with Crippen LogP contribution in [0.5, 0.6) is 0 Å². The maximum Gasteiger partial charge on any atom is 0.150 e. The molecule has 2 atom stereocenters. The van der Waals surface area contributed by atoms with Crippen LogP contribution in [-0.2, 0) is 16.3 Å². The highest BCUT2D eigenvalue weighted by atomic mass is 32.2. The fraction of sp³-hybridized carbons (Fsp3) is 0.412. The summed E-state index contributed by atoms with van der Waals surface area (Å²) in [5, 5.41) is 12.6. The molecule has 3 rings (SSSR count). The Morgan fingerprint density at radius 1 is 1.14 bits per heavy atom. The summed E-state index contributed by atoms with van der Waals surface area (Å²) < 4.78 is 22.9. The van der Waals surface area contributed by atoms with Crippen LogP contribution < -0.4 is 0 Å². The van der Waals surface area contributed by atoms with Crippen molar-refractivity contribution in [2.24, 2.45) is 5.92 Å². The number of fused-ring (bicyclic) bond motifs is 1.